The topological polar surface area (TPSA) is 17.1 Å². The molecular weight excluding hydrogens is 569 g/mol. The molecule has 0 aromatic heterocycles. The molecule has 0 radical (unpaired) electrons. The zero-order valence-corrected chi connectivity index (χ0v) is 25.5. The van der Waals surface area contributed by atoms with Crippen LogP contribution in [-0.2, 0) is 4.79 Å². The van der Waals surface area contributed by atoms with Crippen LogP contribution in [0.3, 0.4) is 0 Å². The Labute approximate surface area is 269 Å². The third kappa shape index (κ3) is 3.81. The molecule has 1 heteroatoms. The third-order valence-electron chi connectivity index (χ3n) is 10.5. The molecule has 0 amide bonds. The van der Waals surface area contributed by atoms with Crippen molar-refractivity contribution in [2.24, 2.45) is 0 Å². The molecule has 216 valence electrons. The van der Waals surface area contributed by atoms with Gasteiger partial charge >= 0.3 is 0 Å². The van der Waals surface area contributed by atoms with Crippen molar-refractivity contribution >= 4 is 115 Å². The first kappa shape index (κ1) is 25.2. The highest BCUT2D eigenvalue weighted by atomic mass is 16.1. The first-order valence-electron chi connectivity index (χ1n) is 16.3. The highest BCUT2D eigenvalue weighted by Gasteiger charge is 2.10. The molecule has 10 aromatic carbocycles. The Bertz CT molecular complexity index is 3220. The Hall–Kier alpha value is -6.05. The number of hydrogen-bond acceptors (Lipinski definition) is 1. The number of carbonyl (C=O) groups excluding carboxylic acids is 1. The predicted octanol–water partition coefficient (Wildman–Crippen LogP) is 10.6. The van der Waals surface area contributed by atoms with Crippen LogP contribution in [0.4, 0.5) is 0 Å². The van der Waals surface area contributed by atoms with E-state index in [2.05, 4.69) is 140 Å². The summed E-state index contributed by atoms with van der Waals surface area (Å²) in [5, 5.41) is 24.8. The number of rotatable bonds is 0. The van der Waals surface area contributed by atoms with Crippen molar-refractivity contribution in [3.8, 4) is 0 Å². The maximum atomic E-state index is 12.0. The summed E-state index contributed by atoms with van der Waals surface area (Å²) in [5.41, 5.74) is 0. The molecule has 0 saturated heterocycles. The number of Topliss-reactive ketones (excluding diaryl/α,β-unsaturated/α-hetero) is 1. The van der Waals surface area contributed by atoms with Gasteiger partial charge in [0.1, 0.15) is 0 Å². The lowest BCUT2D eigenvalue weighted by Crippen LogP contribution is -2.28. The van der Waals surface area contributed by atoms with Gasteiger partial charge in [-0.1, -0.05) is 42.5 Å². The maximum absolute atomic E-state index is 12.0. The molecule has 1 aliphatic carbocycles. The molecular formula is C46H26O. The summed E-state index contributed by atoms with van der Waals surface area (Å²) in [7, 11) is 0. The number of hydrogen-bond donors (Lipinski definition) is 0. The Morgan fingerprint density at radius 3 is 1.11 bits per heavy atom. The van der Waals surface area contributed by atoms with Crippen LogP contribution in [0.15, 0.2) is 133 Å². The zero-order valence-electron chi connectivity index (χ0n) is 25.5. The number of ketones is 1. The van der Waals surface area contributed by atoms with Gasteiger partial charge in [-0.25, -0.2) is 0 Å². The van der Waals surface area contributed by atoms with Crippen LogP contribution >= 0.6 is 0 Å². The first-order chi connectivity index (χ1) is 23.1. The van der Waals surface area contributed by atoms with E-state index in [1.807, 2.05) is 0 Å². The molecule has 0 unspecified atom stereocenters. The second-order valence-electron chi connectivity index (χ2n) is 13.4. The smallest absolute Gasteiger partial charge is 0.160 e. The molecule has 1 nitrogen and oxygen atoms in total. The average Bonchev–Trinajstić information content (AvgIpc) is 3.08. The van der Waals surface area contributed by atoms with Crippen molar-refractivity contribution in [3.05, 3.63) is 144 Å². The van der Waals surface area contributed by atoms with Crippen molar-refractivity contribution in [1.82, 2.24) is 0 Å². The minimum atomic E-state index is 0.173. The van der Waals surface area contributed by atoms with Gasteiger partial charge in [0.15, 0.2) is 5.78 Å². The molecule has 0 spiro atoms. The van der Waals surface area contributed by atoms with Crippen LogP contribution in [0.25, 0.3) is 109 Å². The fourth-order valence-corrected chi connectivity index (χ4v) is 8.09. The summed E-state index contributed by atoms with van der Waals surface area (Å²) in [6.45, 7) is 0. The van der Waals surface area contributed by atoms with E-state index >= 15 is 0 Å². The van der Waals surface area contributed by atoms with Gasteiger partial charge in [-0.05, 0) is 211 Å². The SMILES string of the molecule is O=C1C=c2cc3cc4cc5cc6ccc7cc8cc9cc%10cc%11ccccc%11cc%10cc9cc8cc7c6cc5cc4cc3cc2=CC1. The summed E-state index contributed by atoms with van der Waals surface area (Å²) < 4.78 is 0. The summed E-state index contributed by atoms with van der Waals surface area (Å²) in [4.78, 5) is 12.0. The number of benzene rings is 10. The van der Waals surface area contributed by atoms with E-state index in [-0.39, 0.29) is 5.78 Å². The minimum absolute atomic E-state index is 0.173. The van der Waals surface area contributed by atoms with Gasteiger partial charge in [-0.3, -0.25) is 4.79 Å². The molecule has 47 heavy (non-hydrogen) atoms. The fourth-order valence-electron chi connectivity index (χ4n) is 8.09. The normalized spacial score (nSPS) is 13.4. The Balaban J connectivity index is 1.12. The van der Waals surface area contributed by atoms with Crippen LogP contribution < -0.4 is 10.4 Å². The minimum Gasteiger partial charge on any atom is -0.294 e. The molecule has 10 aromatic rings. The van der Waals surface area contributed by atoms with E-state index in [0.29, 0.717) is 6.42 Å². The Morgan fingerprint density at radius 2 is 0.660 bits per heavy atom. The molecule has 0 heterocycles. The van der Waals surface area contributed by atoms with Crippen molar-refractivity contribution in [2.75, 3.05) is 0 Å². The molecule has 0 fully saturated rings. The second-order valence-corrected chi connectivity index (χ2v) is 13.4. The molecule has 0 bridgehead atoms. The van der Waals surface area contributed by atoms with Crippen molar-refractivity contribution < 1.29 is 4.79 Å². The summed E-state index contributed by atoms with van der Waals surface area (Å²) in [6, 6.07) is 50.2. The molecule has 0 N–H and O–H groups in total. The summed E-state index contributed by atoms with van der Waals surface area (Å²) in [5.74, 6) is 0.173. The molecule has 0 saturated carbocycles. The molecule has 11 rings (SSSR count). The number of carbonyl (C=O) groups is 1. The van der Waals surface area contributed by atoms with Crippen molar-refractivity contribution in [3.63, 3.8) is 0 Å². The van der Waals surface area contributed by atoms with Gasteiger partial charge in [-0.2, -0.15) is 0 Å². The van der Waals surface area contributed by atoms with Crippen LogP contribution in [0.1, 0.15) is 6.42 Å². The van der Waals surface area contributed by atoms with E-state index in [1.54, 1.807) is 6.08 Å². The van der Waals surface area contributed by atoms with Crippen LogP contribution in [0.5, 0.6) is 0 Å². The largest absolute Gasteiger partial charge is 0.294 e. The van der Waals surface area contributed by atoms with Crippen LogP contribution in [-0.4, -0.2) is 5.78 Å². The van der Waals surface area contributed by atoms with Crippen molar-refractivity contribution in [1.29, 1.82) is 0 Å². The second kappa shape index (κ2) is 9.02. The lowest BCUT2D eigenvalue weighted by molar-refractivity contribution is -0.112. The first-order valence-corrected chi connectivity index (χ1v) is 16.3. The van der Waals surface area contributed by atoms with E-state index in [0.717, 1.165) is 10.4 Å². The molecule has 1 aliphatic rings. The van der Waals surface area contributed by atoms with E-state index in [4.69, 9.17) is 0 Å². The van der Waals surface area contributed by atoms with E-state index in [9.17, 15) is 4.79 Å². The monoisotopic (exact) mass is 594 g/mol. The molecule has 0 atom stereocenters. The summed E-state index contributed by atoms with van der Waals surface area (Å²) in [6.07, 6.45) is 4.32. The lowest BCUT2D eigenvalue weighted by atomic mass is 9.92. The van der Waals surface area contributed by atoms with Gasteiger partial charge in [0.05, 0.1) is 0 Å². The molecule has 0 aliphatic heterocycles. The predicted molar refractivity (Wildman–Crippen MR) is 202 cm³/mol. The quantitative estimate of drug-likeness (QED) is 0.126. The standard InChI is InChI=1S/C46H26O/c47-44-8-7-28-11-33-16-40-22-43-25-46-30(13-35(43)18-37(40)19-38(33)20-41(28)23-44)6-5-29-12-34-17-36-14-31-9-26-3-1-2-4-27(26)10-32(31)15-39(36)21-42(34)24-45(29)46/h1-7,9-25H,8H2. The third-order valence-corrected chi connectivity index (χ3v) is 10.5. The van der Waals surface area contributed by atoms with Crippen LogP contribution in [0, 0.1) is 0 Å². The van der Waals surface area contributed by atoms with Crippen molar-refractivity contribution in [2.45, 2.75) is 6.42 Å². The van der Waals surface area contributed by atoms with Gasteiger partial charge in [-0.15, -0.1) is 0 Å². The fraction of sp³-hybridized carbons (Fsp3) is 0.0217. The maximum Gasteiger partial charge on any atom is 0.160 e. The highest BCUT2D eigenvalue weighted by molar-refractivity contribution is 6.18. The number of fused-ring (bicyclic) bond motifs is 11. The highest BCUT2D eigenvalue weighted by Crippen LogP contribution is 2.36. The summed E-state index contributed by atoms with van der Waals surface area (Å²) >= 11 is 0. The van der Waals surface area contributed by atoms with Crippen LogP contribution in [0.2, 0.25) is 0 Å². The van der Waals surface area contributed by atoms with E-state index in [1.165, 1.54) is 97.0 Å². The Kier molecular flexibility index (Phi) is 4.83. The Morgan fingerprint density at radius 1 is 0.319 bits per heavy atom. The van der Waals surface area contributed by atoms with Gasteiger partial charge in [0.2, 0.25) is 0 Å². The lowest BCUT2D eigenvalue weighted by Gasteiger charge is -2.11. The van der Waals surface area contributed by atoms with Gasteiger partial charge in [0.25, 0.3) is 0 Å². The van der Waals surface area contributed by atoms with E-state index < -0.39 is 0 Å². The zero-order chi connectivity index (χ0) is 30.8. The van der Waals surface area contributed by atoms with Gasteiger partial charge in [0, 0.05) is 6.42 Å². The average molecular weight is 595 g/mol. The van der Waals surface area contributed by atoms with Gasteiger partial charge < -0.3 is 0 Å².